The van der Waals surface area contributed by atoms with Gasteiger partial charge in [0.1, 0.15) is 71.7 Å². The maximum Gasteiger partial charge on any atom is 0.159 e. The van der Waals surface area contributed by atoms with Gasteiger partial charge < -0.3 is 13.4 Å². The molecule has 0 aliphatic rings. The monoisotopic (exact) mass is 723 g/mol. The third-order valence-corrected chi connectivity index (χ3v) is 11.0. The van der Waals surface area contributed by atoms with Crippen LogP contribution in [0, 0.1) is 0 Å². The Hall–Kier alpha value is -5.13. The van der Waals surface area contributed by atoms with Crippen molar-refractivity contribution < 1.29 is 8.83 Å². The van der Waals surface area contributed by atoms with Gasteiger partial charge in [0, 0.05) is 36.8 Å². The molecule has 11 heteroatoms. The van der Waals surface area contributed by atoms with Gasteiger partial charge in [0.05, 0.1) is 16.7 Å². The molecule has 0 unspecified atom stereocenters. The SMILES string of the molecule is [B]c1c([B])c(-c2ccc(-c3ccc4c(c3)c3cc(Br)ccc3n4-c3cccc4c3oc3c([B])c([B])c([B])c([B])c34)cc2)c2c(oc3ccccc32)c1[B]. The fourth-order valence-electron chi connectivity index (χ4n) is 7.87. The predicted molar refractivity (Wildman–Crippen MR) is 232 cm³/mol. The summed E-state index contributed by atoms with van der Waals surface area (Å²) in [5, 5.41) is 5.32. The van der Waals surface area contributed by atoms with E-state index in [1.165, 1.54) is 0 Å². The first kappa shape index (κ1) is 32.5. The zero-order valence-electron chi connectivity index (χ0n) is 28.0. The highest BCUT2D eigenvalue weighted by molar-refractivity contribution is 9.10. The topological polar surface area (TPSA) is 31.2 Å². The van der Waals surface area contributed by atoms with E-state index in [0.717, 1.165) is 76.0 Å². The number of benzene rings is 7. The van der Waals surface area contributed by atoms with Crippen molar-refractivity contribution in [2.24, 2.45) is 0 Å². The summed E-state index contributed by atoms with van der Waals surface area (Å²) in [4.78, 5) is 0. The molecule has 10 aromatic rings. The van der Waals surface area contributed by atoms with Crippen LogP contribution in [0.15, 0.2) is 116 Å². The van der Waals surface area contributed by atoms with E-state index in [0.29, 0.717) is 44.0 Å². The second-order valence-corrected chi connectivity index (χ2v) is 14.3. The smallest absolute Gasteiger partial charge is 0.159 e. The van der Waals surface area contributed by atoms with Crippen LogP contribution in [0.25, 0.3) is 93.6 Å². The standard InChI is InChI=1S/C42H17B7BrNO2/c43-33-30(31-22-4-1-2-7-29(22)52-41(31)38(48)36(33)46)19-10-8-18(9-11-19)20-12-14-26-24(16-20)25-17-21(50)13-15-27(25)51(26)28-6-3-5-23-32-34(44)35(45)37(47)39(49)42(32)53-40(23)28/h1-17H. The van der Waals surface area contributed by atoms with Gasteiger partial charge in [-0.2, -0.15) is 0 Å². The fraction of sp³-hybridized carbons (Fsp3) is 0. The van der Waals surface area contributed by atoms with Gasteiger partial charge in [-0.1, -0.05) is 98.4 Å². The summed E-state index contributed by atoms with van der Waals surface area (Å²) in [6, 6.07) is 34.8. The number of hydrogen-bond acceptors (Lipinski definition) is 2. The van der Waals surface area contributed by atoms with Crippen LogP contribution in [0.5, 0.6) is 0 Å². The van der Waals surface area contributed by atoms with Gasteiger partial charge in [0.2, 0.25) is 0 Å². The first-order chi connectivity index (χ1) is 25.6. The molecule has 0 bridgehead atoms. The molecule has 0 saturated carbocycles. The van der Waals surface area contributed by atoms with Gasteiger partial charge in [-0.25, -0.2) is 0 Å². The van der Waals surface area contributed by atoms with Gasteiger partial charge in [-0.15, -0.1) is 16.4 Å². The van der Waals surface area contributed by atoms with Crippen molar-refractivity contribution in [1.29, 1.82) is 0 Å². The van der Waals surface area contributed by atoms with Crippen molar-refractivity contribution in [2.45, 2.75) is 0 Å². The maximum absolute atomic E-state index is 6.66. The minimum absolute atomic E-state index is 0.210. The van der Waals surface area contributed by atoms with E-state index in [9.17, 15) is 0 Å². The lowest BCUT2D eigenvalue weighted by Gasteiger charge is -2.16. The van der Waals surface area contributed by atoms with Crippen LogP contribution in [0.1, 0.15) is 0 Å². The number of nitrogens with zero attached hydrogens (tertiary/aromatic N) is 1. The average Bonchev–Trinajstić information content (AvgIpc) is 3.86. The first-order valence-corrected chi connectivity index (χ1v) is 17.6. The average molecular weight is 723 g/mol. The Morgan fingerprint density at radius 2 is 1.04 bits per heavy atom. The lowest BCUT2D eigenvalue weighted by Crippen LogP contribution is -2.47. The molecular formula is C42H17B7BrNO2. The molecule has 3 nitrogen and oxygen atoms in total. The second kappa shape index (κ2) is 11.7. The lowest BCUT2D eigenvalue weighted by atomic mass is 9.65. The molecule has 0 aliphatic carbocycles. The van der Waals surface area contributed by atoms with E-state index >= 15 is 0 Å². The van der Waals surface area contributed by atoms with Crippen LogP contribution in [0.3, 0.4) is 0 Å². The fourth-order valence-corrected chi connectivity index (χ4v) is 8.23. The van der Waals surface area contributed by atoms with E-state index < -0.39 is 0 Å². The number of aromatic nitrogens is 1. The highest BCUT2D eigenvalue weighted by Crippen LogP contribution is 2.40. The normalized spacial score (nSPS) is 12.0. The van der Waals surface area contributed by atoms with Crippen LogP contribution in [0.4, 0.5) is 0 Å². The summed E-state index contributed by atoms with van der Waals surface area (Å²) in [6.07, 6.45) is 0. The summed E-state index contributed by atoms with van der Waals surface area (Å²) in [5.74, 6) is 0. The van der Waals surface area contributed by atoms with Crippen LogP contribution in [0.2, 0.25) is 0 Å². The molecule has 3 aromatic heterocycles. The van der Waals surface area contributed by atoms with E-state index in [1.54, 1.807) is 0 Å². The summed E-state index contributed by atoms with van der Waals surface area (Å²) < 4.78 is 15.8. The van der Waals surface area contributed by atoms with Crippen molar-refractivity contribution in [3.05, 3.63) is 108 Å². The number of fused-ring (bicyclic) bond motifs is 9. The highest BCUT2D eigenvalue weighted by atomic mass is 79.9. The van der Waals surface area contributed by atoms with Crippen molar-refractivity contribution in [3.8, 4) is 27.9 Å². The van der Waals surface area contributed by atoms with E-state index in [-0.39, 0.29) is 16.4 Å². The number of hydrogen-bond donors (Lipinski definition) is 0. The molecule has 0 atom stereocenters. The van der Waals surface area contributed by atoms with Gasteiger partial charge in [0.15, 0.2) is 5.58 Å². The Morgan fingerprint density at radius 1 is 0.434 bits per heavy atom. The Bertz CT molecular complexity index is 3220. The molecule has 53 heavy (non-hydrogen) atoms. The van der Waals surface area contributed by atoms with Crippen LogP contribution < -0.4 is 38.2 Å². The van der Waals surface area contributed by atoms with E-state index in [4.69, 9.17) is 63.8 Å². The number of furan rings is 2. The van der Waals surface area contributed by atoms with Gasteiger partial charge in [0.25, 0.3) is 0 Å². The zero-order chi connectivity index (χ0) is 36.4. The molecule has 14 radical (unpaired) electrons. The Kier molecular flexibility index (Phi) is 7.17. The minimum atomic E-state index is 0.210. The molecule has 7 aromatic carbocycles. The van der Waals surface area contributed by atoms with E-state index in [1.807, 2.05) is 48.5 Å². The van der Waals surface area contributed by atoms with Gasteiger partial charge >= 0.3 is 0 Å². The van der Waals surface area contributed by atoms with Crippen LogP contribution >= 0.6 is 15.9 Å². The van der Waals surface area contributed by atoms with Crippen molar-refractivity contribution in [3.63, 3.8) is 0 Å². The largest absolute Gasteiger partial charge is 0.457 e. The molecule has 0 aliphatic heterocycles. The zero-order valence-corrected chi connectivity index (χ0v) is 29.6. The molecule has 3 heterocycles. The predicted octanol–water partition coefficient (Wildman–Crippen LogP) is 4.24. The maximum atomic E-state index is 6.66. The van der Waals surface area contributed by atoms with Gasteiger partial charge in [-0.05, 0) is 64.7 Å². The number of halogens is 1. The molecule has 10 rings (SSSR count). The Morgan fingerprint density at radius 3 is 1.81 bits per heavy atom. The quantitative estimate of drug-likeness (QED) is 0.256. The van der Waals surface area contributed by atoms with Gasteiger partial charge in [-0.3, -0.25) is 0 Å². The summed E-state index contributed by atoms with van der Waals surface area (Å²) in [6.45, 7) is 0. The molecule has 0 amide bonds. The highest BCUT2D eigenvalue weighted by Gasteiger charge is 2.22. The lowest BCUT2D eigenvalue weighted by molar-refractivity contribution is 0.669. The van der Waals surface area contributed by atoms with Crippen LogP contribution in [-0.2, 0) is 0 Å². The number of para-hydroxylation sites is 2. The molecular weight excluding hydrogens is 706 g/mol. The summed E-state index contributed by atoms with van der Waals surface area (Å²) in [5.41, 5.74) is 11.0. The molecule has 0 fully saturated rings. The molecule has 0 N–H and O–H groups in total. The Labute approximate surface area is 322 Å². The number of rotatable bonds is 3. The molecule has 0 saturated heterocycles. The summed E-state index contributed by atoms with van der Waals surface area (Å²) >= 11 is 3.70. The van der Waals surface area contributed by atoms with E-state index in [2.05, 4.69) is 75.1 Å². The van der Waals surface area contributed by atoms with Crippen LogP contribution in [-0.4, -0.2) is 59.5 Å². The third kappa shape index (κ3) is 4.56. The first-order valence-electron chi connectivity index (χ1n) is 16.8. The summed E-state index contributed by atoms with van der Waals surface area (Å²) in [7, 11) is 44.8. The van der Waals surface area contributed by atoms with Crippen molar-refractivity contribution in [1.82, 2.24) is 4.57 Å². The molecule has 230 valence electrons. The van der Waals surface area contributed by atoms with Crippen molar-refractivity contribution >= 4 is 175 Å². The molecule has 0 spiro atoms. The third-order valence-electron chi connectivity index (χ3n) is 10.5. The van der Waals surface area contributed by atoms with Crippen molar-refractivity contribution in [2.75, 3.05) is 0 Å². The minimum Gasteiger partial charge on any atom is -0.457 e. The second-order valence-electron chi connectivity index (χ2n) is 13.3. The Balaban J connectivity index is 1.15.